The number of carbonyl (C=O) groups is 1. The van der Waals surface area contributed by atoms with Crippen LogP contribution in [0.25, 0.3) is 0 Å². The van der Waals surface area contributed by atoms with Crippen LogP contribution in [0.2, 0.25) is 0 Å². The molecule has 6 nitrogen and oxygen atoms in total. The molecule has 134 valence electrons. The first-order valence-corrected chi connectivity index (χ1v) is 8.92. The Labute approximate surface area is 148 Å². The molecule has 2 aromatic rings. The number of aryl methyl sites for hydroxylation is 1. The predicted octanol–water partition coefficient (Wildman–Crippen LogP) is 2.75. The molecule has 0 N–H and O–H groups in total. The van der Waals surface area contributed by atoms with Crippen LogP contribution in [0.15, 0.2) is 36.8 Å². The standard InChI is InChI=1S/C19H26N4O2/c1-15(23-12-9-20-16(23)2)13-19(24)22-10-6-18(7-11-22)25-14-17-5-3-4-8-21-17/h3-5,8-9,12,15,18H,6-7,10-11,13-14H2,1-2H3/t15-/m1/s1. The highest BCUT2D eigenvalue weighted by molar-refractivity contribution is 5.76. The summed E-state index contributed by atoms with van der Waals surface area (Å²) in [5, 5.41) is 0. The molecule has 2 aromatic heterocycles. The van der Waals surface area contributed by atoms with Gasteiger partial charge in [0, 0.05) is 44.1 Å². The fourth-order valence-electron chi connectivity index (χ4n) is 3.29. The zero-order chi connectivity index (χ0) is 17.6. The molecule has 0 aliphatic carbocycles. The highest BCUT2D eigenvalue weighted by Gasteiger charge is 2.24. The van der Waals surface area contributed by atoms with Crippen LogP contribution in [0.5, 0.6) is 0 Å². The fraction of sp³-hybridized carbons (Fsp3) is 0.526. The Morgan fingerprint density at radius 1 is 1.28 bits per heavy atom. The van der Waals surface area contributed by atoms with Crippen molar-refractivity contribution in [1.82, 2.24) is 19.4 Å². The third kappa shape index (κ3) is 4.66. The number of hydrogen-bond donors (Lipinski definition) is 0. The minimum atomic E-state index is 0.133. The van der Waals surface area contributed by atoms with Crippen LogP contribution in [0.4, 0.5) is 0 Å². The number of piperidine rings is 1. The molecule has 6 heteroatoms. The number of aromatic nitrogens is 3. The molecular formula is C19H26N4O2. The van der Waals surface area contributed by atoms with E-state index in [9.17, 15) is 4.79 Å². The quantitative estimate of drug-likeness (QED) is 0.810. The third-order valence-electron chi connectivity index (χ3n) is 4.79. The van der Waals surface area contributed by atoms with E-state index in [1.165, 1.54) is 0 Å². The van der Waals surface area contributed by atoms with E-state index in [1.54, 1.807) is 12.4 Å². The van der Waals surface area contributed by atoms with Gasteiger partial charge in [-0.25, -0.2) is 4.98 Å². The van der Waals surface area contributed by atoms with Crippen molar-refractivity contribution in [3.8, 4) is 0 Å². The third-order valence-corrected chi connectivity index (χ3v) is 4.79. The highest BCUT2D eigenvalue weighted by atomic mass is 16.5. The van der Waals surface area contributed by atoms with Gasteiger partial charge in [-0.3, -0.25) is 9.78 Å². The van der Waals surface area contributed by atoms with Crippen molar-refractivity contribution in [3.05, 3.63) is 48.3 Å². The van der Waals surface area contributed by atoms with E-state index in [4.69, 9.17) is 4.74 Å². The van der Waals surface area contributed by atoms with E-state index in [2.05, 4.69) is 21.5 Å². The van der Waals surface area contributed by atoms with Gasteiger partial charge in [-0.05, 0) is 38.8 Å². The van der Waals surface area contributed by atoms with Crippen molar-refractivity contribution in [3.63, 3.8) is 0 Å². The first-order chi connectivity index (χ1) is 12.1. The number of pyridine rings is 1. The Balaban J connectivity index is 1.42. The van der Waals surface area contributed by atoms with Crippen LogP contribution in [0, 0.1) is 6.92 Å². The van der Waals surface area contributed by atoms with E-state index in [1.807, 2.05) is 36.2 Å². The number of nitrogens with zero attached hydrogens (tertiary/aromatic N) is 4. The molecule has 1 fully saturated rings. The van der Waals surface area contributed by atoms with Gasteiger partial charge in [0.15, 0.2) is 0 Å². The van der Waals surface area contributed by atoms with Crippen LogP contribution in [0.3, 0.4) is 0 Å². The van der Waals surface area contributed by atoms with E-state index < -0.39 is 0 Å². The topological polar surface area (TPSA) is 60.2 Å². The molecule has 3 heterocycles. The molecule has 0 spiro atoms. The minimum absolute atomic E-state index is 0.133. The first-order valence-electron chi connectivity index (χ1n) is 8.92. The number of ether oxygens (including phenoxy) is 1. The van der Waals surface area contributed by atoms with Crippen LogP contribution in [-0.4, -0.2) is 44.5 Å². The van der Waals surface area contributed by atoms with Gasteiger partial charge in [-0.15, -0.1) is 0 Å². The molecule has 1 aliphatic rings. The molecule has 1 aliphatic heterocycles. The Morgan fingerprint density at radius 2 is 2.08 bits per heavy atom. The molecule has 1 atom stereocenters. The van der Waals surface area contributed by atoms with Crippen LogP contribution in [0.1, 0.15) is 43.7 Å². The van der Waals surface area contributed by atoms with Crippen molar-refractivity contribution in [2.75, 3.05) is 13.1 Å². The Kier molecular flexibility index (Phi) is 5.81. The van der Waals surface area contributed by atoms with Crippen molar-refractivity contribution >= 4 is 5.91 Å². The lowest BCUT2D eigenvalue weighted by Crippen LogP contribution is -2.41. The van der Waals surface area contributed by atoms with Gasteiger partial charge < -0.3 is 14.2 Å². The van der Waals surface area contributed by atoms with E-state index in [-0.39, 0.29) is 18.1 Å². The Morgan fingerprint density at radius 3 is 2.72 bits per heavy atom. The maximum atomic E-state index is 12.5. The van der Waals surface area contributed by atoms with Crippen LogP contribution in [-0.2, 0) is 16.1 Å². The lowest BCUT2D eigenvalue weighted by molar-refractivity contribution is -0.134. The highest BCUT2D eigenvalue weighted by Crippen LogP contribution is 2.19. The van der Waals surface area contributed by atoms with Crippen molar-refractivity contribution < 1.29 is 9.53 Å². The molecule has 0 radical (unpaired) electrons. The van der Waals surface area contributed by atoms with Crippen molar-refractivity contribution in [1.29, 1.82) is 0 Å². The fourth-order valence-corrected chi connectivity index (χ4v) is 3.29. The average molecular weight is 342 g/mol. The zero-order valence-electron chi connectivity index (χ0n) is 15.0. The normalized spacial score (nSPS) is 16.8. The van der Waals surface area contributed by atoms with Gasteiger partial charge >= 0.3 is 0 Å². The van der Waals surface area contributed by atoms with Gasteiger partial charge in [-0.2, -0.15) is 0 Å². The zero-order valence-corrected chi connectivity index (χ0v) is 15.0. The number of carbonyl (C=O) groups excluding carboxylic acids is 1. The van der Waals surface area contributed by atoms with Crippen LogP contribution >= 0.6 is 0 Å². The summed E-state index contributed by atoms with van der Waals surface area (Å²) < 4.78 is 8.00. The molecule has 1 amide bonds. The Hall–Kier alpha value is -2.21. The number of imidazole rings is 1. The van der Waals surface area contributed by atoms with E-state index in [0.29, 0.717) is 13.0 Å². The lowest BCUT2D eigenvalue weighted by Gasteiger charge is -2.32. The predicted molar refractivity (Wildman–Crippen MR) is 94.9 cm³/mol. The smallest absolute Gasteiger partial charge is 0.224 e. The molecule has 3 rings (SSSR count). The molecule has 0 saturated carbocycles. The summed E-state index contributed by atoms with van der Waals surface area (Å²) in [6.45, 7) is 6.10. The average Bonchev–Trinajstić information content (AvgIpc) is 3.07. The van der Waals surface area contributed by atoms with Crippen molar-refractivity contribution in [2.45, 2.75) is 51.9 Å². The monoisotopic (exact) mass is 342 g/mol. The van der Waals surface area contributed by atoms with Crippen molar-refractivity contribution in [2.24, 2.45) is 0 Å². The first kappa shape index (κ1) is 17.6. The SMILES string of the molecule is Cc1nccn1[C@H](C)CC(=O)N1CCC(OCc2ccccn2)CC1. The van der Waals surface area contributed by atoms with Gasteiger partial charge in [0.1, 0.15) is 5.82 Å². The summed E-state index contributed by atoms with van der Waals surface area (Å²) in [7, 11) is 0. The number of rotatable bonds is 6. The summed E-state index contributed by atoms with van der Waals surface area (Å²) in [6, 6.07) is 5.97. The second-order valence-electron chi connectivity index (χ2n) is 6.65. The molecule has 0 aromatic carbocycles. The summed E-state index contributed by atoms with van der Waals surface area (Å²) in [5.41, 5.74) is 0.950. The summed E-state index contributed by atoms with van der Waals surface area (Å²) in [6.07, 6.45) is 7.99. The number of amides is 1. The van der Waals surface area contributed by atoms with Crippen LogP contribution < -0.4 is 0 Å². The minimum Gasteiger partial charge on any atom is -0.372 e. The van der Waals surface area contributed by atoms with Gasteiger partial charge in [0.25, 0.3) is 0 Å². The molecule has 0 unspecified atom stereocenters. The van der Waals surface area contributed by atoms with Gasteiger partial charge in [0.05, 0.1) is 18.4 Å². The van der Waals surface area contributed by atoms with Gasteiger partial charge in [0.2, 0.25) is 5.91 Å². The van der Waals surface area contributed by atoms with E-state index >= 15 is 0 Å². The summed E-state index contributed by atoms with van der Waals surface area (Å²) in [5.74, 6) is 1.16. The summed E-state index contributed by atoms with van der Waals surface area (Å²) in [4.78, 5) is 23.0. The summed E-state index contributed by atoms with van der Waals surface area (Å²) >= 11 is 0. The number of hydrogen-bond acceptors (Lipinski definition) is 4. The largest absolute Gasteiger partial charge is 0.372 e. The Bertz CT molecular complexity index is 678. The second kappa shape index (κ2) is 8.25. The molecule has 25 heavy (non-hydrogen) atoms. The maximum Gasteiger partial charge on any atom is 0.224 e. The van der Waals surface area contributed by atoms with Gasteiger partial charge in [-0.1, -0.05) is 6.07 Å². The number of likely N-dealkylation sites (tertiary alicyclic amines) is 1. The lowest BCUT2D eigenvalue weighted by atomic mass is 10.1. The van der Waals surface area contributed by atoms with E-state index in [0.717, 1.165) is 37.4 Å². The molecule has 0 bridgehead atoms. The molecular weight excluding hydrogens is 316 g/mol. The molecule has 1 saturated heterocycles. The maximum absolute atomic E-state index is 12.5. The second-order valence-corrected chi connectivity index (χ2v) is 6.65.